The van der Waals surface area contributed by atoms with Crippen LogP contribution in [0.3, 0.4) is 0 Å². The second kappa shape index (κ2) is 9.06. The van der Waals surface area contributed by atoms with Crippen LogP contribution >= 0.6 is 0 Å². The summed E-state index contributed by atoms with van der Waals surface area (Å²) in [5.41, 5.74) is 1.54. The van der Waals surface area contributed by atoms with E-state index in [1.807, 2.05) is 20.9 Å². The Balaban J connectivity index is 1.68. The van der Waals surface area contributed by atoms with E-state index in [0.29, 0.717) is 73.3 Å². The number of aryl methyl sites for hydroxylation is 1. The molecule has 0 aliphatic carbocycles. The van der Waals surface area contributed by atoms with Crippen LogP contribution in [-0.4, -0.2) is 86.6 Å². The summed E-state index contributed by atoms with van der Waals surface area (Å²) in [6.07, 6.45) is 2.10. The van der Waals surface area contributed by atoms with Gasteiger partial charge in [-0.2, -0.15) is 4.31 Å². The number of aromatic amines is 1. The minimum absolute atomic E-state index is 0.166. The highest BCUT2D eigenvalue weighted by Gasteiger charge is 2.29. The molecule has 0 atom stereocenters. The second-order valence-corrected chi connectivity index (χ2v) is 10.5. The molecule has 1 aliphatic rings. The third-order valence-electron chi connectivity index (χ3n) is 6.20. The van der Waals surface area contributed by atoms with E-state index in [1.165, 1.54) is 15.0 Å². The molecule has 0 bridgehead atoms. The van der Waals surface area contributed by atoms with Crippen molar-refractivity contribution >= 4 is 26.8 Å². The SMILES string of the molecule is CCCn1c(=O)n2cnnc2c2[nH]c(-c3cc(S(=O)(=O)N4CCN(C)CC4)ccc3OCC)nc21. The number of H-pyrrole nitrogens is 1. The fourth-order valence-electron chi connectivity index (χ4n) is 4.35. The van der Waals surface area contributed by atoms with Crippen molar-refractivity contribution in [2.75, 3.05) is 39.8 Å². The van der Waals surface area contributed by atoms with Crippen LogP contribution in [0, 0.1) is 0 Å². The number of aromatic nitrogens is 6. The first-order valence-electron chi connectivity index (χ1n) is 11.6. The summed E-state index contributed by atoms with van der Waals surface area (Å²) in [7, 11) is -1.72. The number of hydrogen-bond donors (Lipinski definition) is 1. The predicted octanol–water partition coefficient (Wildman–Crippen LogP) is 1.18. The zero-order valence-corrected chi connectivity index (χ0v) is 20.7. The van der Waals surface area contributed by atoms with Gasteiger partial charge in [0.2, 0.25) is 10.0 Å². The maximum atomic E-state index is 13.4. The third-order valence-corrected chi connectivity index (χ3v) is 8.10. The van der Waals surface area contributed by atoms with Crippen LogP contribution < -0.4 is 10.4 Å². The van der Waals surface area contributed by atoms with E-state index < -0.39 is 10.0 Å². The smallest absolute Gasteiger partial charge is 0.336 e. The number of ether oxygens (including phenoxy) is 1. The zero-order valence-electron chi connectivity index (χ0n) is 19.9. The minimum atomic E-state index is -3.70. The molecule has 3 aromatic heterocycles. The van der Waals surface area contributed by atoms with Crippen molar-refractivity contribution in [3.63, 3.8) is 0 Å². The van der Waals surface area contributed by atoms with Crippen molar-refractivity contribution < 1.29 is 13.2 Å². The zero-order chi connectivity index (χ0) is 24.7. The van der Waals surface area contributed by atoms with Crippen LogP contribution in [0.2, 0.25) is 0 Å². The van der Waals surface area contributed by atoms with Gasteiger partial charge in [0.15, 0.2) is 11.3 Å². The predicted molar refractivity (Wildman–Crippen MR) is 130 cm³/mol. The van der Waals surface area contributed by atoms with Gasteiger partial charge in [-0.1, -0.05) is 6.92 Å². The lowest BCUT2D eigenvalue weighted by atomic mass is 10.2. The summed E-state index contributed by atoms with van der Waals surface area (Å²) < 4.78 is 37.1. The first-order valence-corrected chi connectivity index (χ1v) is 13.1. The first kappa shape index (κ1) is 23.5. The van der Waals surface area contributed by atoms with Crippen molar-refractivity contribution in [1.29, 1.82) is 0 Å². The van der Waals surface area contributed by atoms with Gasteiger partial charge in [-0.3, -0.25) is 4.57 Å². The Labute approximate surface area is 202 Å². The summed E-state index contributed by atoms with van der Waals surface area (Å²) in [5.74, 6) is 0.880. The van der Waals surface area contributed by atoms with Gasteiger partial charge in [-0.25, -0.2) is 22.6 Å². The summed E-state index contributed by atoms with van der Waals surface area (Å²) in [5, 5.41) is 7.97. The van der Waals surface area contributed by atoms with Crippen LogP contribution in [0.5, 0.6) is 5.75 Å². The molecule has 0 unspecified atom stereocenters. The van der Waals surface area contributed by atoms with Gasteiger partial charge in [0, 0.05) is 32.7 Å². The van der Waals surface area contributed by atoms with Gasteiger partial charge in [0.1, 0.15) is 23.4 Å². The summed E-state index contributed by atoms with van der Waals surface area (Å²) >= 11 is 0. The quantitative estimate of drug-likeness (QED) is 0.400. The highest BCUT2D eigenvalue weighted by atomic mass is 32.2. The molecule has 1 N–H and O–H groups in total. The number of nitrogens with zero attached hydrogens (tertiary/aromatic N) is 7. The molecular formula is C22H28N8O4S. The van der Waals surface area contributed by atoms with E-state index in [2.05, 4.69) is 20.1 Å². The molecule has 12 nitrogen and oxygen atoms in total. The van der Waals surface area contributed by atoms with Crippen LogP contribution in [0.25, 0.3) is 28.2 Å². The maximum Gasteiger partial charge on any atom is 0.336 e. The lowest BCUT2D eigenvalue weighted by molar-refractivity contribution is 0.222. The second-order valence-electron chi connectivity index (χ2n) is 8.54. The van der Waals surface area contributed by atoms with Gasteiger partial charge >= 0.3 is 5.69 Å². The number of rotatable bonds is 7. The van der Waals surface area contributed by atoms with Crippen molar-refractivity contribution in [1.82, 2.24) is 38.3 Å². The largest absolute Gasteiger partial charge is 0.493 e. The van der Waals surface area contributed by atoms with Crippen molar-refractivity contribution in [2.45, 2.75) is 31.7 Å². The van der Waals surface area contributed by atoms with Crippen molar-refractivity contribution in [3.8, 4) is 17.1 Å². The molecule has 35 heavy (non-hydrogen) atoms. The molecule has 0 amide bonds. The Morgan fingerprint density at radius 2 is 1.89 bits per heavy atom. The number of fused-ring (bicyclic) bond motifs is 3. The molecule has 0 spiro atoms. The number of piperazine rings is 1. The van der Waals surface area contributed by atoms with E-state index in [1.54, 1.807) is 22.8 Å². The molecule has 0 saturated carbocycles. The Morgan fingerprint density at radius 3 is 2.60 bits per heavy atom. The standard InChI is InChI=1S/C22H28N8O4S/c1-4-8-29-20-18(21-26-23-14-30(21)22(29)31)24-19(25-20)16-13-15(6-7-17(16)34-5-2)35(32,33)28-11-9-27(3)10-12-28/h6-7,13-14H,4-5,8-12H2,1-3H3,(H,24,25). The third kappa shape index (κ3) is 3.98. The van der Waals surface area contributed by atoms with Gasteiger partial charge in [0.25, 0.3) is 0 Å². The van der Waals surface area contributed by atoms with Crippen molar-refractivity contribution in [3.05, 3.63) is 35.0 Å². The van der Waals surface area contributed by atoms with E-state index in [-0.39, 0.29) is 10.6 Å². The molecular weight excluding hydrogens is 472 g/mol. The number of nitrogens with one attached hydrogen (secondary N) is 1. The highest BCUT2D eigenvalue weighted by molar-refractivity contribution is 7.89. The number of imidazole rings is 1. The number of benzene rings is 1. The molecule has 1 saturated heterocycles. The van der Waals surface area contributed by atoms with Gasteiger partial charge < -0.3 is 14.6 Å². The molecule has 4 heterocycles. The van der Waals surface area contributed by atoms with E-state index in [0.717, 1.165) is 6.42 Å². The topological polar surface area (TPSA) is 131 Å². The lowest BCUT2D eigenvalue weighted by Gasteiger charge is -2.31. The molecule has 4 aromatic rings. The molecule has 0 radical (unpaired) electrons. The maximum absolute atomic E-state index is 13.4. The molecule has 1 fully saturated rings. The Morgan fingerprint density at radius 1 is 1.11 bits per heavy atom. The fourth-order valence-corrected chi connectivity index (χ4v) is 5.80. The summed E-state index contributed by atoms with van der Waals surface area (Å²) in [6, 6.07) is 4.80. The van der Waals surface area contributed by atoms with E-state index >= 15 is 0 Å². The molecule has 5 rings (SSSR count). The Bertz CT molecular complexity index is 1550. The molecule has 186 valence electrons. The van der Waals surface area contributed by atoms with E-state index in [4.69, 9.17) is 9.72 Å². The monoisotopic (exact) mass is 500 g/mol. The van der Waals surface area contributed by atoms with Gasteiger partial charge in [0.05, 0.1) is 17.1 Å². The number of hydrogen-bond acceptors (Lipinski definition) is 8. The average Bonchev–Trinajstić information content (AvgIpc) is 3.50. The fraction of sp³-hybridized carbons (Fsp3) is 0.455. The Hall–Kier alpha value is -3.29. The summed E-state index contributed by atoms with van der Waals surface area (Å²) in [4.78, 5) is 23.2. The lowest BCUT2D eigenvalue weighted by Crippen LogP contribution is -2.47. The minimum Gasteiger partial charge on any atom is -0.493 e. The first-order chi connectivity index (χ1) is 16.8. The van der Waals surface area contributed by atoms with Gasteiger partial charge in [-0.05, 0) is 38.6 Å². The molecule has 1 aromatic carbocycles. The van der Waals surface area contributed by atoms with Gasteiger partial charge in [-0.15, -0.1) is 10.2 Å². The summed E-state index contributed by atoms with van der Waals surface area (Å²) in [6.45, 7) is 6.90. The number of sulfonamides is 1. The molecule has 1 aliphatic heterocycles. The van der Waals surface area contributed by atoms with Crippen LogP contribution in [0.15, 0.2) is 34.2 Å². The Kier molecular flexibility index (Phi) is 6.07. The van der Waals surface area contributed by atoms with Crippen LogP contribution in [0.4, 0.5) is 0 Å². The van der Waals surface area contributed by atoms with Crippen LogP contribution in [0.1, 0.15) is 20.3 Å². The number of likely N-dealkylation sites (N-methyl/N-ethyl adjacent to an activating group) is 1. The van der Waals surface area contributed by atoms with E-state index in [9.17, 15) is 13.2 Å². The van der Waals surface area contributed by atoms with Crippen LogP contribution in [-0.2, 0) is 16.6 Å². The molecule has 13 heteroatoms. The highest BCUT2D eigenvalue weighted by Crippen LogP contribution is 2.33. The normalized spacial score (nSPS) is 15.9. The van der Waals surface area contributed by atoms with Crippen molar-refractivity contribution in [2.24, 2.45) is 0 Å². The average molecular weight is 501 g/mol.